The van der Waals surface area contributed by atoms with Gasteiger partial charge in [0.2, 0.25) is 0 Å². The molecule has 0 aromatic carbocycles. The number of hydrogen-bond acceptors (Lipinski definition) is 2. The second kappa shape index (κ2) is 4.24. The molecule has 1 fully saturated rings. The molecule has 0 unspecified atom stereocenters. The van der Waals surface area contributed by atoms with E-state index in [-0.39, 0.29) is 12.0 Å². The molecule has 1 radical (unpaired) electrons. The van der Waals surface area contributed by atoms with E-state index in [1.807, 2.05) is 0 Å². The Morgan fingerprint density at radius 1 is 1.25 bits per heavy atom. The third kappa shape index (κ3) is 1.99. The fourth-order valence-electron chi connectivity index (χ4n) is 2.24. The number of aliphatic hydroxyl groups excluding tert-OH is 2. The normalized spacial score (nSPS) is 23.0. The first-order valence-corrected chi connectivity index (χ1v) is 4.85. The molecule has 2 N–H and O–H groups in total. The van der Waals surface area contributed by atoms with E-state index in [2.05, 4.69) is 0 Å². The highest BCUT2D eigenvalue weighted by Gasteiger charge is 2.36. The lowest BCUT2D eigenvalue weighted by Gasteiger charge is -2.38. The lowest BCUT2D eigenvalue weighted by atomic mass is 9.69. The molecule has 2 nitrogen and oxygen atoms in total. The summed E-state index contributed by atoms with van der Waals surface area (Å²) in [5, 5.41) is 18.5. The zero-order chi connectivity index (χ0) is 9.03. The van der Waals surface area contributed by atoms with Gasteiger partial charge in [-0.15, -0.1) is 0 Å². The first-order valence-electron chi connectivity index (χ1n) is 4.85. The second-order valence-electron chi connectivity index (χ2n) is 3.90. The zero-order valence-electron chi connectivity index (χ0n) is 7.84. The third-order valence-electron chi connectivity index (χ3n) is 3.17. The molecule has 0 atom stereocenters. The topological polar surface area (TPSA) is 40.5 Å². The molecule has 0 aliphatic heterocycles. The van der Waals surface area contributed by atoms with Crippen LogP contribution in [0.3, 0.4) is 0 Å². The first kappa shape index (κ1) is 10.0. The molecular weight excluding hydrogens is 152 g/mol. The highest BCUT2D eigenvalue weighted by Crippen LogP contribution is 2.44. The van der Waals surface area contributed by atoms with Crippen molar-refractivity contribution in [1.82, 2.24) is 0 Å². The van der Waals surface area contributed by atoms with Crippen LogP contribution in [0.1, 0.15) is 45.4 Å². The molecule has 0 saturated heterocycles. The van der Waals surface area contributed by atoms with Crippen molar-refractivity contribution in [2.75, 3.05) is 6.61 Å². The molecule has 0 bridgehead atoms. The Balaban J connectivity index is 2.56. The fourth-order valence-corrected chi connectivity index (χ4v) is 2.24. The molecule has 1 rings (SSSR count). The molecule has 0 heterocycles. The fraction of sp³-hybridized carbons (Fsp3) is 0.900. The summed E-state index contributed by atoms with van der Waals surface area (Å²) in [4.78, 5) is 0. The van der Waals surface area contributed by atoms with Crippen LogP contribution in [0.25, 0.3) is 0 Å². The third-order valence-corrected chi connectivity index (χ3v) is 3.17. The minimum Gasteiger partial charge on any atom is -0.396 e. The maximum absolute atomic E-state index is 9.56. The van der Waals surface area contributed by atoms with E-state index in [9.17, 15) is 5.11 Å². The summed E-state index contributed by atoms with van der Waals surface area (Å²) in [6, 6.07) is 0. The minimum absolute atomic E-state index is 0.0486. The molecule has 2 heteroatoms. The molecule has 0 aromatic heterocycles. The van der Waals surface area contributed by atoms with Crippen molar-refractivity contribution in [2.45, 2.75) is 45.4 Å². The van der Waals surface area contributed by atoms with E-state index in [0.717, 1.165) is 19.3 Å². The maximum Gasteiger partial charge on any atom is 0.0964 e. The zero-order valence-corrected chi connectivity index (χ0v) is 7.84. The first-order chi connectivity index (χ1) is 5.71. The summed E-state index contributed by atoms with van der Waals surface area (Å²) in [7, 11) is 0. The van der Waals surface area contributed by atoms with Crippen LogP contribution in [-0.4, -0.2) is 16.8 Å². The van der Waals surface area contributed by atoms with Crippen LogP contribution in [0.15, 0.2) is 0 Å². The second-order valence-corrected chi connectivity index (χ2v) is 3.90. The molecule has 1 aliphatic carbocycles. The smallest absolute Gasteiger partial charge is 0.0964 e. The standard InChI is InChI=1S/C10H19O2/c1-9(12)10(7-8-11)5-3-2-4-6-10/h11-12H,2-8H2,1H3. The average molecular weight is 171 g/mol. The van der Waals surface area contributed by atoms with E-state index in [0.29, 0.717) is 6.10 Å². The Hall–Kier alpha value is -0.0800. The summed E-state index contributed by atoms with van der Waals surface area (Å²) in [6.07, 6.45) is 7.02. The lowest BCUT2D eigenvalue weighted by Crippen LogP contribution is -2.31. The van der Waals surface area contributed by atoms with Crippen LogP contribution < -0.4 is 0 Å². The van der Waals surface area contributed by atoms with Gasteiger partial charge in [-0.05, 0) is 26.2 Å². The van der Waals surface area contributed by atoms with E-state index in [1.165, 1.54) is 19.3 Å². The summed E-state index contributed by atoms with van der Waals surface area (Å²) in [5.74, 6) is 0. The highest BCUT2D eigenvalue weighted by atomic mass is 16.3. The van der Waals surface area contributed by atoms with Gasteiger partial charge in [0.1, 0.15) is 0 Å². The van der Waals surface area contributed by atoms with Crippen molar-refractivity contribution in [3.05, 3.63) is 6.10 Å². The van der Waals surface area contributed by atoms with Gasteiger partial charge < -0.3 is 10.2 Å². The Morgan fingerprint density at radius 3 is 2.25 bits per heavy atom. The van der Waals surface area contributed by atoms with Gasteiger partial charge in [-0.2, -0.15) is 0 Å². The average Bonchev–Trinajstić information content (AvgIpc) is 2.06. The number of aliphatic hydroxyl groups is 2. The van der Waals surface area contributed by atoms with E-state index < -0.39 is 0 Å². The predicted molar refractivity (Wildman–Crippen MR) is 48.1 cm³/mol. The van der Waals surface area contributed by atoms with Crippen molar-refractivity contribution >= 4 is 0 Å². The van der Waals surface area contributed by atoms with Gasteiger partial charge in [0.25, 0.3) is 0 Å². The molecule has 12 heavy (non-hydrogen) atoms. The highest BCUT2D eigenvalue weighted by molar-refractivity contribution is 4.97. The Kier molecular flexibility index (Phi) is 3.53. The molecule has 71 valence electrons. The van der Waals surface area contributed by atoms with E-state index in [4.69, 9.17) is 5.11 Å². The maximum atomic E-state index is 9.56. The quantitative estimate of drug-likeness (QED) is 0.683. The van der Waals surface area contributed by atoms with Crippen LogP contribution in [-0.2, 0) is 0 Å². The predicted octanol–water partition coefficient (Wildman–Crippen LogP) is 2.24. The van der Waals surface area contributed by atoms with Gasteiger partial charge in [0, 0.05) is 12.0 Å². The van der Waals surface area contributed by atoms with E-state index in [1.54, 1.807) is 6.92 Å². The van der Waals surface area contributed by atoms with Gasteiger partial charge in [-0.25, -0.2) is 0 Å². The summed E-state index contributed by atoms with van der Waals surface area (Å²) in [5.41, 5.74) is -0.0486. The Morgan fingerprint density at radius 2 is 1.83 bits per heavy atom. The SMILES string of the molecule is C[C](O)C1(CCO)CCCCC1. The van der Waals surface area contributed by atoms with Crippen LogP contribution in [0.5, 0.6) is 0 Å². The van der Waals surface area contributed by atoms with Crippen molar-refractivity contribution in [3.8, 4) is 0 Å². The van der Waals surface area contributed by atoms with Gasteiger partial charge >= 0.3 is 0 Å². The van der Waals surface area contributed by atoms with Crippen LogP contribution in [0, 0.1) is 11.5 Å². The summed E-state index contributed by atoms with van der Waals surface area (Å²) >= 11 is 0. The van der Waals surface area contributed by atoms with Crippen LogP contribution >= 0.6 is 0 Å². The van der Waals surface area contributed by atoms with Gasteiger partial charge in [-0.3, -0.25) is 0 Å². The molecule has 1 saturated carbocycles. The monoisotopic (exact) mass is 171 g/mol. The van der Waals surface area contributed by atoms with Crippen LogP contribution in [0.4, 0.5) is 0 Å². The Bertz CT molecular complexity index is 120. The van der Waals surface area contributed by atoms with Crippen molar-refractivity contribution in [2.24, 2.45) is 5.41 Å². The van der Waals surface area contributed by atoms with E-state index >= 15 is 0 Å². The van der Waals surface area contributed by atoms with Gasteiger partial charge in [0.15, 0.2) is 0 Å². The molecule has 1 aliphatic rings. The number of hydrogen-bond donors (Lipinski definition) is 2. The van der Waals surface area contributed by atoms with Crippen molar-refractivity contribution in [3.63, 3.8) is 0 Å². The van der Waals surface area contributed by atoms with Crippen molar-refractivity contribution < 1.29 is 10.2 Å². The number of rotatable bonds is 3. The molecule has 0 spiro atoms. The largest absolute Gasteiger partial charge is 0.396 e. The summed E-state index contributed by atoms with van der Waals surface area (Å²) < 4.78 is 0. The lowest BCUT2D eigenvalue weighted by molar-refractivity contribution is 0.0646. The van der Waals surface area contributed by atoms with Crippen molar-refractivity contribution in [1.29, 1.82) is 0 Å². The molecule has 0 amide bonds. The van der Waals surface area contributed by atoms with Gasteiger partial charge in [-0.1, -0.05) is 19.3 Å². The summed E-state index contributed by atoms with van der Waals surface area (Å²) in [6.45, 7) is 1.97. The van der Waals surface area contributed by atoms with Crippen LogP contribution in [0.2, 0.25) is 0 Å². The minimum atomic E-state index is -0.0486. The molecular formula is C10H19O2. The molecule has 0 aromatic rings. The van der Waals surface area contributed by atoms with Gasteiger partial charge in [0.05, 0.1) is 6.10 Å². The Labute approximate surface area is 74.6 Å².